The molecule has 2 aromatic rings. The van der Waals surface area contributed by atoms with Crippen molar-refractivity contribution in [3.8, 4) is 0 Å². The van der Waals surface area contributed by atoms with Gasteiger partial charge in [-0.25, -0.2) is 0 Å². The zero-order chi connectivity index (χ0) is 12.4. The molecule has 0 aliphatic rings. The monoisotopic (exact) mass is 231 g/mol. The standard InChI is InChI=1S/C13H17N3O/c1-4-16-12-7-5-6-10(11(12)8-14-16)13(17)15-9(2)3/h5-9H,4H2,1-3H3,(H,15,17). The molecular formula is C13H17N3O. The number of amides is 1. The van der Waals surface area contributed by atoms with Gasteiger partial charge in [-0.05, 0) is 32.9 Å². The Bertz CT molecular complexity index is 543. The fourth-order valence-electron chi connectivity index (χ4n) is 1.89. The van der Waals surface area contributed by atoms with Crippen LogP contribution in [0, 0.1) is 0 Å². The highest BCUT2D eigenvalue weighted by Gasteiger charge is 2.12. The summed E-state index contributed by atoms with van der Waals surface area (Å²) in [6.45, 7) is 6.74. The van der Waals surface area contributed by atoms with Crippen LogP contribution in [0.4, 0.5) is 0 Å². The van der Waals surface area contributed by atoms with Crippen LogP contribution >= 0.6 is 0 Å². The van der Waals surface area contributed by atoms with Gasteiger partial charge in [0.2, 0.25) is 0 Å². The predicted octanol–water partition coefficient (Wildman–Crippen LogP) is 2.19. The smallest absolute Gasteiger partial charge is 0.252 e. The van der Waals surface area contributed by atoms with Gasteiger partial charge in [-0.3, -0.25) is 9.48 Å². The van der Waals surface area contributed by atoms with Crippen LogP contribution in [0.2, 0.25) is 0 Å². The highest BCUT2D eigenvalue weighted by atomic mass is 16.1. The molecule has 2 rings (SSSR count). The molecule has 4 heteroatoms. The van der Waals surface area contributed by atoms with E-state index in [-0.39, 0.29) is 11.9 Å². The second kappa shape index (κ2) is 4.57. The third-order valence-electron chi connectivity index (χ3n) is 2.65. The molecule has 0 spiro atoms. The van der Waals surface area contributed by atoms with Crippen molar-refractivity contribution in [1.29, 1.82) is 0 Å². The van der Waals surface area contributed by atoms with Crippen molar-refractivity contribution < 1.29 is 4.79 Å². The summed E-state index contributed by atoms with van der Waals surface area (Å²) in [6.07, 6.45) is 1.76. The Morgan fingerprint density at radius 2 is 2.24 bits per heavy atom. The van der Waals surface area contributed by atoms with Crippen molar-refractivity contribution in [2.24, 2.45) is 0 Å². The van der Waals surface area contributed by atoms with Crippen LogP contribution in [0.5, 0.6) is 0 Å². The van der Waals surface area contributed by atoms with Crippen molar-refractivity contribution >= 4 is 16.8 Å². The van der Waals surface area contributed by atoms with Crippen molar-refractivity contribution in [2.45, 2.75) is 33.4 Å². The van der Waals surface area contributed by atoms with Gasteiger partial charge in [-0.15, -0.1) is 0 Å². The Balaban J connectivity index is 2.48. The van der Waals surface area contributed by atoms with Gasteiger partial charge in [0.25, 0.3) is 5.91 Å². The fraction of sp³-hybridized carbons (Fsp3) is 0.385. The molecule has 1 amide bonds. The van der Waals surface area contributed by atoms with E-state index in [0.29, 0.717) is 5.56 Å². The molecular weight excluding hydrogens is 214 g/mol. The first-order chi connectivity index (χ1) is 8.13. The fourth-order valence-corrected chi connectivity index (χ4v) is 1.89. The first-order valence-corrected chi connectivity index (χ1v) is 5.89. The molecule has 0 radical (unpaired) electrons. The molecule has 0 saturated heterocycles. The van der Waals surface area contributed by atoms with Crippen LogP contribution in [0.25, 0.3) is 10.9 Å². The summed E-state index contributed by atoms with van der Waals surface area (Å²) in [5.74, 6) is -0.0405. The summed E-state index contributed by atoms with van der Waals surface area (Å²) in [4.78, 5) is 12.0. The molecule has 4 nitrogen and oxygen atoms in total. The van der Waals surface area contributed by atoms with E-state index in [1.807, 2.05) is 43.7 Å². The maximum atomic E-state index is 12.0. The van der Waals surface area contributed by atoms with Gasteiger partial charge < -0.3 is 5.32 Å². The first-order valence-electron chi connectivity index (χ1n) is 5.89. The lowest BCUT2D eigenvalue weighted by Crippen LogP contribution is -2.30. The Kier molecular flexibility index (Phi) is 3.13. The van der Waals surface area contributed by atoms with Gasteiger partial charge in [-0.2, -0.15) is 5.10 Å². The number of fused-ring (bicyclic) bond motifs is 1. The molecule has 0 bridgehead atoms. The Hall–Kier alpha value is -1.84. The number of carbonyl (C=O) groups is 1. The topological polar surface area (TPSA) is 46.9 Å². The molecule has 17 heavy (non-hydrogen) atoms. The summed E-state index contributed by atoms with van der Waals surface area (Å²) in [6, 6.07) is 5.85. The first kappa shape index (κ1) is 11.6. The van der Waals surface area contributed by atoms with Gasteiger partial charge in [-0.1, -0.05) is 6.07 Å². The highest BCUT2D eigenvalue weighted by molar-refractivity contribution is 6.06. The molecule has 1 N–H and O–H groups in total. The molecule has 1 heterocycles. The summed E-state index contributed by atoms with van der Waals surface area (Å²) in [7, 11) is 0. The highest BCUT2D eigenvalue weighted by Crippen LogP contribution is 2.18. The van der Waals surface area contributed by atoms with Crippen molar-refractivity contribution in [3.63, 3.8) is 0 Å². The van der Waals surface area contributed by atoms with Gasteiger partial charge in [0.05, 0.1) is 17.3 Å². The van der Waals surface area contributed by atoms with Crippen LogP contribution in [-0.4, -0.2) is 21.7 Å². The lowest BCUT2D eigenvalue weighted by Gasteiger charge is -2.09. The number of hydrogen-bond donors (Lipinski definition) is 1. The van der Waals surface area contributed by atoms with Crippen LogP contribution < -0.4 is 5.32 Å². The third-order valence-corrected chi connectivity index (χ3v) is 2.65. The summed E-state index contributed by atoms with van der Waals surface area (Å²) >= 11 is 0. The molecule has 1 aromatic carbocycles. The normalized spacial score (nSPS) is 11.1. The second-order valence-electron chi connectivity index (χ2n) is 4.33. The zero-order valence-corrected chi connectivity index (χ0v) is 10.4. The van der Waals surface area contributed by atoms with Crippen LogP contribution in [0.15, 0.2) is 24.4 Å². The lowest BCUT2D eigenvalue weighted by molar-refractivity contribution is 0.0945. The van der Waals surface area contributed by atoms with Gasteiger partial charge in [0.1, 0.15) is 0 Å². The zero-order valence-electron chi connectivity index (χ0n) is 10.4. The quantitative estimate of drug-likeness (QED) is 0.880. The van der Waals surface area contributed by atoms with Crippen molar-refractivity contribution in [3.05, 3.63) is 30.0 Å². The minimum Gasteiger partial charge on any atom is -0.350 e. The number of nitrogens with zero attached hydrogens (tertiary/aromatic N) is 2. The van der Waals surface area contributed by atoms with E-state index in [1.54, 1.807) is 6.20 Å². The number of nitrogens with one attached hydrogen (secondary N) is 1. The van der Waals surface area contributed by atoms with Gasteiger partial charge in [0, 0.05) is 18.0 Å². The lowest BCUT2D eigenvalue weighted by atomic mass is 10.1. The van der Waals surface area contributed by atoms with Crippen LogP contribution in [-0.2, 0) is 6.54 Å². The molecule has 0 saturated carbocycles. The summed E-state index contributed by atoms with van der Waals surface area (Å²) < 4.78 is 1.89. The number of aryl methyl sites for hydroxylation is 1. The van der Waals surface area contributed by atoms with E-state index < -0.39 is 0 Å². The van der Waals surface area contributed by atoms with E-state index >= 15 is 0 Å². The molecule has 1 aromatic heterocycles. The minimum atomic E-state index is -0.0405. The number of benzene rings is 1. The molecule has 0 unspecified atom stereocenters. The molecule has 0 fully saturated rings. The van der Waals surface area contributed by atoms with E-state index in [4.69, 9.17) is 0 Å². The molecule has 0 atom stereocenters. The molecule has 0 aliphatic carbocycles. The average molecular weight is 231 g/mol. The maximum absolute atomic E-state index is 12.0. The number of carbonyl (C=O) groups excluding carboxylic acids is 1. The Labute approximate surface area is 101 Å². The molecule has 90 valence electrons. The molecule has 0 aliphatic heterocycles. The maximum Gasteiger partial charge on any atom is 0.252 e. The predicted molar refractivity (Wildman–Crippen MR) is 68.0 cm³/mol. The summed E-state index contributed by atoms with van der Waals surface area (Å²) in [5.41, 5.74) is 1.69. The van der Waals surface area contributed by atoms with Crippen molar-refractivity contribution in [2.75, 3.05) is 0 Å². The summed E-state index contributed by atoms with van der Waals surface area (Å²) in [5, 5.41) is 8.08. The minimum absolute atomic E-state index is 0.0405. The number of aromatic nitrogens is 2. The average Bonchev–Trinajstić information content (AvgIpc) is 2.70. The van der Waals surface area contributed by atoms with Crippen molar-refractivity contribution in [1.82, 2.24) is 15.1 Å². The van der Waals surface area contributed by atoms with Gasteiger partial charge in [0.15, 0.2) is 0 Å². The third kappa shape index (κ3) is 2.16. The van der Waals surface area contributed by atoms with Gasteiger partial charge >= 0.3 is 0 Å². The number of hydrogen-bond acceptors (Lipinski definition) is 2. The number of rotatable bonds is 3. The van der Waals surface area contributed by atoms with E-state index in [1.165, 1.54) is 0 Å². The second-order valence-corrected chi connectivity index (χ2v) is 4.33. The SMILES string of the molecule is CCn1ncc2c(C(=O)NC(C)C)cccc21. The Morgan fingerprint density at radius 3 is 2.88 bits per heavy atom. The van der Waals surface area contributed by atoms with E-state index in [9.17, 15) is 4.79 Å². The van der Waals surface area contributed by atoms with Crippen LogP contribution in [0.1, 0.15) is 31.1 Å². The Morgan fingerprint density at radius 1 is 1.47 bits per heavy atom. The van der Waals surface area contributed by atoms with E-state index in [0.717, 1.165) is 17.4 Å². The largest absolute Gasteiger partial charge is 0.350 e. The van der Waals surface area contributed by atoms with E-state index in [2.05, 4.69) is 10.4 Å². The van der Waals surface area contributed by atoms with Crippen LogP contribution in [0.3, 0.4) is 0 Å².